The van der Waals surface area contributed by atoms with Crippen molar-refractivity contribution in [1.82, 2.24) is 5.32 Å². The Labute approximate surface area is 84.1 Å². The van der Waals surface area contributed by atoms with E-state index in [0.29, 0.717) is 6.42 Å². The number of rotatable bonds is 4. The van der Waals surface area contributed by atoms with Gasteiger partial charge in [-0.25, -0.2) is 4.79 Å². The first-order chi connectivity index (χ1) is 6.26. The van der Waals surface area contributed by atoms with Gasteiger partial charge in [0.15, 0.2) is 6.29 Å². The first-order valence-corrected chi connectivity index (χ1v) is 4.61. The predicted octanol–water partition coefficient (Wildman–Crippen LogP) is 1.17. The largest absolute Gasteiger partial charge is 0.465 e. The van der Waals surface area contributed by atoms with Crippen molar-refractivity contribution in [1.29, 1.82) is 0 Å². The zero-order valence-electron chi connectivity index (χ0n) is 9.07. The number of amides is 1. The highest BCUT2D eigenvalue weighted by atomic mass is 16.6. The maximum absolute atomic E-state index is 10.4. The summed E-state index contributed by atoms with van der Waals surface area (Å²) in [6.07, 6.45) is -1.80. The molecule has 5 heteroatoms. The van der Waals surface area contributed by atoms with Crippen molar-refractivity contribution >= 4 is 6.09 Å². The third-order valence-corrected chi connectivity index (χ3v) is 1.57. The Morgan fingerprint density at radius 1 is 1.50 bits per heavy atom. The van der Waals surface area contributed by atoms with Crippen LogP contribution in [0.15, 0.2) is 0 Å². The molecular weight excluding hydrogens is 186 g/mol. The Balaban J connectivity index is 4.17. The van der Waals surface area contributed by atoms with Crippen molar-refractivity contribution in [3.05, 3.63) is 0 Å². The van der Waals surface area contributed by atoms with Gasteiger partial charge in [-0.15, -0.1) is 0 Å². The van der Waals surface area contributed by atoms with Crippen molar-refractivity contribution in [3.63, 3.8) is 0 Å². The minimum absolute atomic E-state index is 0.476. The topological polar surface area (TPSA) is 78.8 Å². The lowest BCUT2D eigenvalue weighted by Crippen LogP contribution is -2.46. The fourth-order valence-electron chi connectivity index (χ4n) is 0.978. The standard InChI is InChI=1S/C9H19NO4/c1-5-6(10-8(12)13)7(11)14-9(2,3)4/h6-7,10-11H,5H2,1-4H3,(H,12,13)/t6-,7?/m1/s1. The van der Waals surface area contributed by atoms with E-state index in [1.54, 1.807) is 27.7 Å². The predicted molar refractivity (Wildman–Crippen MR) is 52.1 cm³/mol. The number of carbonyl (C=O) groups is 1. The summed E-state index contributed by atoms with van der Waals surface area (Å²) in [4.78, 5) is 10.4. The average molecular weight is 205 g/mol. The second kappa shape index (κ2) is 5.17. The molecule has 0 rings (SSSR count). The van der Waals surface area contributed by atoms with E-state index in [1.165, 1.54) is 0 Å². The molecular formula is C9H19NO4. The third-order valence-electron chi connectivity index (χ3n) is 1.57. The molecule has 0 bridgehead atoms. The third kappa shape index (κ3) is 5.77. The summed E-state index contributed by atoms with van der Waals surface area (Å²) in [6, 6.07) is -0.591. The van der Waals surface area contributed by atoms with E-state index in [9.17, 15) is 9.90 Å². The van der Waals surface area contributed by atoms with E-state index in [1.807, 2.05) is 0 Å². The lowest BCUT2D eigenvalue weighted by Gasteiger charge is -2.28. The molecule has 14 heavy (non-hydrogen) atoms. The average Bonchev–Trinajstić information content (AvgIpc) is 1.96. The highest BCUT2D eigenvalue weighted by molar-refractivity contribution is 5.64. The summed E-state index contributed by atoms with van der Waals surface area (Å²) in [7, 11) is 0. The molecule has 0 fully saturated rings. The Morgan fingerprint density at radius 3 is 2.29 bits per heavy atom. The van der Waals surface area contributed by atoms with Gasteiger partial charge < -0.3 is 20.3 Å². The number of hydrogen-bond donors (Lipinski definition) is 3. The normalized spacial score (nSPS) is 16.1. The van der Waals surface area contributed by atoms with E-state index in [2.05, 4.69) is 5.32 Å². The van der Waals surface area contributed by atoms with Crippen LogP contribution in [-0.4, -0.2) is 34.2 Å². The van der Waals surface area contributed by atoms with Crippen LogP contribution < -0.4 is 5.32 Å². The van der Waals surface area contributed by atoms with Gasteiger partial charge in [-0.2, -0.15) is 0 Å². The Hall–Kier alpha value is -0.810. The quantitative estimate of drug-likeness (QED) is 0.602. The first-order valence-electron chi connectivity index (χ1n) is 4.61. The molecule has 84 valence electrons. The number of aliphatic hydroxyl groups excluding tert-OH is 1. The molecule has 0 aromatic heterocycles. The molecule has 0 heterocycles. The number of carboxylic acid groups (broad SMARTS) is 1. The number of nitrogens with one attached hydrogen (secondary N) is 1. The molecule has 0 aromatic carbocycles. The molecule has 0 aliphatic rings. The maximum atomic E-state index is 10.4. The van der Waals surface area contributed by atoms with E-state index in [-0.39, 0.29) is 0 Å². The number of aliphatic hydroxyl groups is 1. The summed E-state index contributed by atoms with van der Waals surface area (Å²) in [5, 5.41) is 20.2. The smallest absolute Gasteiger partial charge is 0.405 e. The molecule has 0 spiro atoms. The highest BCUT2D eigenvalue weighted by Crippen LogP contribution is 2.12. The second-order valence-electron chi connectivity index (χ2n) is 4.09. The van der Waals surface area contributed by atoms with Gasteiger partial charge in [0.25, 0.3) is 0 Å². The van der Waals surface area contributed by atoms with Gasteiger partial charge in [0.2, 0.25) is 0 Å². The molecule has 5 nitrogen and oxygen atoms in total. The maximum Gasteiger partial charge on any atom is 0.405 e. The summed E-state index contributed by atoms with van der Waals surface area (Å²) >= 11 is 0. The zero-order valence-corrected chi connectivity index (χ0v) is 9.07. The summed E-state index contributed by atoms with van der Waals surface area (Å²) in [6.45, 7) is 7.16. The van der Waals surface area contributed by atoms with E-state index in [4.69, 9.17) is 9.84 Å². The molecule has 0 saturated carbocycles. The van der Waals surface area contributed by atoms with Crippen LogP contribution in [0.4, 0.5) is 4.79 Å². The molecule has 0 aliphatic carbocycles. The molecule has 1 amide bonds. The molecule has 2 atom stereocenters. The van der Waals surface area contributed by atoms with Crippen LogP contribution in [0.2, 0.25) is 0 Å². The lowest BCUT2D eigenvalue weighted by atomic mass is 10.1. The number of ether oxygens (including phenoxy) is 1. The Bertz CT molecular complexity index is 188. The highest BCUT2D eigenvalue weighted by Gasteiger charge is 2.24. The van der Waals surface area contributed by atoms with Crippen molar-refractivity contribution in [2.75, 3.05) is 0 Å². The van der Waals surface area contributed by atoms with Gasteiger partial charge >= 0.3 is 6.09 Å². The minimum Gasteiger partial charge on any atom is -0.465 e. The second-order valence-corrected chi connectivity index (χ2v) is 4.09. The summed E-state index contributed by atoms with van der Waals surface area (Å²) in [5.41, 5.74) is -0.493. The van der Waals surface area contributed by atoms with E-state index in [0.717, 1.165) is 0 Å². The van der Waals surface area contributed by atoms with Gasteiger partial charge in [0, 0.05) is 0 Å². The van der Waals surface area contributed by atoms with Crippen LogP contribution in [0, 0.1) is 0 Å². The summed E-state index contributed by atoms with van der Waals surface area (Å²) in [5.74, 6) is 0. The fourth-order valence-corrected chi connectivity index (χ4v) is 0.978. The van der Waals surface area contributed by atoms with Crippen molar-refractivity contribution in [2.45, 2.75) is 52.0 Å². The van der Waals surface area contributed by atoms with Crippen LogP contribution in [0.25, 0.3) is 0 Å². The molecule has 0 saturated heterocycles. The molecule has 3 N–H and O–H groups in total. The Kier molecular flexibility index (Phi) is 4.87. The van der Waals surface area contributed by atoms with Gasteiger partial charge in [-0.3, -0.25) is 0 Å². The minimum atomic E-state index is -1.16. The van der Waals surface area contributed by atoms with E-state index >= 15 is 0 Å². The first kappa shape index (κ1) is 13.2. The molecule has 0 aromatic rings. The van der Waals surface area contributed by atoms with Gasteiger partial charge in [-0.1, -0.05) is 6.92 Å². The Morgan fingerprint density at radius 2 is 2.00 bits per heavy atom. The lowest BCUT2D eigenvalue weighted by molar-refractivity contribution is -0.179. The van der Waals surface area contributed by atoms with Crippen molar-refractivity contribution in [2.24, 2.45) is 0 Å². The van der Waals surface area contributed by atoms with Crippen LogP contribution in [-0.2, 0) is 4.74 Å². The van der Waals surface area contributed by atoms with Gasteiger partial charge in [0.05, 0.1) is 11.6 Å². The van der Waals surface area contributed by atoms with Crippen molar-refractivity contribution in [3.8, 4) is 0 Å². The summed E-state index contributed by atoms with van der Waals surface area (Å²) < 4.78 is 5.22. The SMILES string of the molecule is CC[C@@H](NC(=O)O)C(O)OC(C)(C)C. The van der Waals surface area contributed by atoms with Crippen LogP contribution in [0.1, 0.15) is 34.1 Å². The van der Waals surface area contributed by atoms with E-state index < -0.39 is 24.0 Å². The van der Waals surface area contributed by atoms with Gasteiger partial charge in [0.1, 0.15) is 0 Å². The molecule has 1 unspecified atom stereocenters. The molecule has 0 aliphatic heterocycles. The van der Waals surface area contributed by atoms with Crippen molar-refractivity contribution < 1.29 is 19.7 Å². The number of hydrogen-bond acceptors (Lipinski definition) is 3. The van der Waals surface area contributed by atoms with Crippen LogP contribution in [0.3, 0.4) is 0 Å². The van der Waals surface area contributed by atoms with Crippen LogP contribution >= 0.6 is 0 Å². The molecule has 0 radical (unpaired) electrons. The fraction of sp³-hybridized carbons (Fsp3) is 0.889. The van der Waals surface area contributed by atoms with Crippen LogP contribution in [0.5, 0.6) is 0 Å². The van der Waals surface area contributed by atoms with Gasteiger partial charge in [-0.05, 0) is 27.2 Å². The zero-order chi connectivity index (χ0) is 11.4. The monoisotopic (exact) mass is 205 g/mol.